The highest BCUT2D eigenvalue weighted by Gasteiger charge is 2.68. The van der Waals surface area contributed by atoms with Crippen LogP contribution in [0.1, 0.15) is 85.1 Å². The summed E-state index contributed by atoms with van der Waals surface area (Å²) in [6, 6.07) is 13.6. The maximum absolute atomic E-state index is 15.1. The number of likely N-dealkylation sites (tertiary alicyclic amines) is 2. The third kappa shape index (κ3) is 11.6. The number of halogens is 9. The molecule has 396 valence electrons. The standard InChI is InChI=1S/C51H61Cl3F6N4O8/c1-30(2)48(69,50(55,56)57)45(67)64-21-19-47(27-33(47)18-23-72-36-14-16-38(42(54)26-36)44(66)62(5)6)40(29-64)39-28-63(46(68)49(70,51(58,59)60)32-11-9-12-34(52)24-32)20-17-31(39)10-7-8-22-71-35-13-15-37(41(53)25-35)43(65)61(3)4/h9,11-16,24-26,30-31,33,39-40,69-70H,7-8,10,17-23,27-29H2,1-6H3/t31?,33-,39?,40?,47?,48-,49?/m1/s1. The maximum atomic E-state index is 15.1. The van der Waals surface area contributed by atoms with Gasteiger partial charge in [0.1, 0.15) is 11.5 Å². The monoisotopic (exact) mass is 1080 g/mol. The molecule has 3 aliphatic rings. The van der Waals surface area contributed by atoms with Crippen molar-refractivity contribution in [2.75, 3.05) is 67.6 Å². The highest BCUT2D eigenvalue weighted by atomic mass is 35.5. The van der Waals surface area contributed by atoms with Crippen LogP contribution in [-0.2, 0) is 15.2 Å². The van der Waals surface area contributed by atoms with E-state index < -0.39 is 64.1 Å². The Kier molecular flexibility index (Phi) is 17.5. The lowest BCUT2D eigenvalue weighted by Gasteiger charge is -2.51. The molecule has 2 N–H and O–H groups in total. The summed E-state index contributed by atoms with van der Waals surface area (Å²) in [7, 11) is 6.37. The van der Waals surface area contributed by atoms with Gasteiger partial charge in [-0.05, 0) is 123 Å². The zero-order valence-electron chi connectivity index (χ0n) is 40.9. The molecule has 1 spiro atoms. The molecule has 21 heteroatoms. The first-order valence-corrected chi connectivity index (χ1v) is 24.9. The van der Waals surface area contributed by atoms with E-state index in [2.05, 4.69) is 0 Å². The average molecular weight is 1080 g/mol. The number of hydrogen-bond donors (Lipinski definition) is 2. The van der Waals surface area contributed by atoms with Crippen molar-refractivity contribution in [1.82, 2.24) is 19.6 Å². The quantitative estimate of drug-likeness (QED) is 0.101. The number of piperidine rings is 2. The van der Waals surface area contributed by atoms with E-state index in [1.807, 2.05) is 0 Å². The van der Waals surface area contributed by atoms with E-state index in [0.29, 0.717) is 49.2 Å². The molecule has 1 saturated carbocycles. The number of carbonyl (C=O) groups excluding carboxylic acids is 4. The number of alkyl halides is 6. The van der Waals surface area contributed by atoms with E-state index in [9.17, 15) is 42.6 Å². The Morgan fingerprint density at radius 3 is 1.82 bits per heavy atom. The number of benzene rings is 3. The van der Waals surface area contributed by atoms with Crippen LogP contribution in [0.2, 0.25) is 15.1 Å². The normalized spacial score (nSPS) is 23.0. The number of carbonyl (C=O) groups is 4. The summed E-state index contributed by atoms with van der Waals surface area (Å²) in [4.78, 5) is 58.2. The fourth-order valence-electron chi connectivity index (χ4n) is 10.7. The van der Waals surface area contributed by atoms with Crippen molar-refractivity contribution in [3.63, 3.8) is 0 Å². The first kappa shape index (κ1) is 56.8. The predicted molar refractivity (Wildman–Crippen MR) is 259 cm³/mol. The van der Waals surface area contributed by atoms with Gasteiger partial charge in [-0.1, -0.05) is 60.8 Å². The van der Waals surface area contributed by atoms with Crippen LogP contribution in [0.15, 0.2) is 60.7 Å². The van der Waals surface area contributed by atoms with Gasteiger partial charge in [0.15, 0.2) is 0 Å². The molecule has 3 fully saturated rings. The number of ether oxygens (including phenoxy) is 2. The molecule has 1 aliphatic carbocycles. The molecule has 0 aromatic heterocycles. The molecule has 7 atom stereocenters. The largest absolute Gasteiger partial charge is 0.494 e. The Bertz CT molecular complexity index is 2480. The number of unbranched alkanes of at least 4 members (excludes halogenated alkanes) is 1. The third-order valence-electron chi connectivity index (χ3n) is 14.9. The van der Waals surface area contributed by atoms with Crippen LogP contribution in [0.25, 0.3) is 0 Å². The van der Waals surface area contributed by atoms with Gasteiger partial charge in [-0.2, -0.15) is 26.3 Å². The van der Waals surface area contributed by atoms with Gasteiger partial charge in [0, 0.05) is 70.9 Å². The van der Waals surface area contributed by atoms with Gasteiger partial charge in [0.2, 0.25) is 5.60 Å². The molecule has 3 aromatic carbocycles. The lowest BCUT2D eigenvalue weighted by Crippen LogP contribution is -2.64. The zero-order chi connectivity index (χ0) is 53.3. The van der Waals surface area contributed by atoms with Gasteiger partial charge in [-0.3, -0.25) is 19.2 Å². The second-order valence-corrected chi connectivity index (χ2v) is 21.3. The molecule has 2 saturated heterocycles. The molecular formula is C51H61Cl3F6N4O8. The van der Waals surface area contributed by atoms with Crippen molar-refractivity contribution < 1.29 is 65.2 Å². The van der Waals surface area contributed by atoms with Crippen LogP contribution in [0, 0.1) is 35.0 Å². The maximum Gasteiger partial charge on any atom is 0.430 e. The molecule has 2 heterocycles. The third-order valence-corrected chi connectivity index (χ3v) is 15.7. The molecule has 4 amide bonds. The van der Waals surface area contributed by atoms with E-state index in [1.165, 1.54) is 40.1 Å². The molecule has 12 nitrogen and oxygen atoms in total. The number of rotatable bonds is 17. The molecule has 72 heavy (non-hydrogen) atoms. The second-order valence-electron chi connectivity index (χ2n) is 20.0. The Morgan fingerprint density at radius 1 is 0.736 bits per heavy atom. The van der Waals surface area contributed by atoms with E-state index in [0.717, 1.165) is 35.8 Å². The number of nitrogens with zero attached hydrogens (tertiary/aromatic N) is 4. The van der Waals surface area contributed by atoms with Gasteiger partial charge in [-0.15, -0.1) is 0 Å². The van der Waals surface area contributed by atoms with E-state index >= 15 is 13.2 Å². The molecular weight excluding hydrogens is 1020 g/mol. The highest BCUT2D eigenvalue weighted by Crippen LogP contribution is 2.66. The summed E-state index contributed by atoms with van der Waals surface area (Å²) in [5.74, 6) is -6.44. The molecule has 0 radical (unpaired) electrons. The summed E-state index contributed by atoms with van der Waals surface area (Å²) in [6.45, 7) is 1.56. The highest BCUT2D eigenvalue weighted by molar-refractivity contribution is 6.34. The minimum Gasteiger partial charge on any atom is -0.494 e. The van der Waals surface area contributed by atoms with Crippen molar-refractivity contribution in [3.05, 3.63) is 92.4 Å². The number of aliphatic hydroxyl groups is 2. The van der Waals surface area contributed by atoms with Crippen molar-refractivity contribution in [2.45, 2.75) is 82.3 Å². The van der Waals surface area contributed by atoms with Crippen LogP contribution >= 0.6 is 34.8 Å². The number of amides is 4. The minimum atomic E-state index is -5.50. The van der Waals surface area contributed by atoms with Crippen molar-refractivity contribution >= 4 is 58.4 Å². The second kappa shape index (κ2) is 22.2. The van der Waals surface area contributed by atoms with Crippen molar-refractivity contribution in [1.29, 1.82) is 0 Å². The van der Waals surface area contributed by atoms with Gasteiger partial charge in [0.05, 0.1) is 34.4 Å². The predicted octanol–water partition coefficient (Wildman–Crippen LogP) is 9.79. The summed E-state index contributed by atoms with van der Waals surface area (Å²) in [5, 5.41) is 22.9. The molecule has 6 rings (SSSR count). The first-order valence-electron chi connectivity index (χ1n) is 23.8. The average Bonchev–Trinajstić information content (AvgIpc) is 4.00. The van der Waals surface area contributed by atoms with Gasteiger partial charge in [-0.25, -0.2) is 0 Å². The van der Waals surface area contributed by atoms with E-state index in [4.69, 9.17) is 44.3 Å². The Balaban J connectivity index is 1.31. The van der Waals surface area contributed by atoms with Crippen LogP contribution in [0.5, 0.6) is 11.5 Å². The smallest absolute Gasteiger partial charge is 0.430 e. The fourth-order valence-corrected chi connectivity index (χ4v) is 11.4. The van der Waals surface area contributed by atoms with Crippen molar-refractivity contribution in [3.8, 4) is 11.5 Å². The molecule has 5 unspecified atom stereocenters. The molecule has 3 aromatic rings. The van der Waals surface area contributed by atoms with Crippen LogP contribution < -0.4 is 9.47 Å². The zero-order valence-corrected chi connectivity index (χ0v) is 43.2. The summed E-state index contributed by atoms with van der Waals surface area (Å²) in [5.41, 5.74) is -8.66. The van der Waals surface area contributed by atoms with Gasteiger partial charge >= 0.3 is 12.4 Å². The van der Waals surface area contributed by atoms with Crippen molar-refractivity contribution in [2.24, 2.45) is 35.0 Å². The van der Waals surface area contributed by atoms with Crippen LogP contribution in [-0.4, -0.2) is 139 Å². The topological polar surface area (TPSA) is 140 Å². The Labute approximate surface area is 430 Å². The van der Waals surface area contributed by atoms with Crippen LogP contribution in [0.3, 0.4) is 0 Å². The Hall–Kier alpha value is -4.49. The van der Waals surface area contributed by atoms with E-state index in [1.54, 1.807) is 46.4 Å². The van der Waals surface area contributed by atoms with Gasteiger partial charge < -0.3 is 39.3 Å². The molecule has 2 aliphatic heterocycles. The fraction of sp³-hybridized carbons (Fsp3) is 0.569. The summed E-state index contributed by atoms with van der Waals surface area (Å²) < 4.78 is 101. The lowest BCUT2D eigenvalue weighted by atomic mass is 9.65. The minimum absolute atomic E-state index is 0.138. The number of hydrogen-bond acceptors (Lipinski definition) is 8. The van der Waals surface area contributed by atoms with Crippen LogP contribution in [0.4, 0.5) is 26.3 Å². The first-order chi connectivity index (χ1) is 33.6. The molecule has 0 bridgehead atoms. The summed E-state index contributed by atoms with van der Waals surface area (Å²) in [6.07, 6.45) is -8.12. The Morgan fingerprint density at radius 2 is 1.31 bits per heavy atom. The lowest BCUT2D eigenvalue weighted by molar-refractivity contribution is -0.270. The summed E-state index contributed by atoms with van der Waals surface area (Å²) >= 11 is 18.9. The SMILES string of the molecule is CC(C)[C@@](O)(C(=O)N1CCC2(C[C@H]2CCOc2ccc(C(=O)N(C)C)c(Cl)c2)C(C2CN(C(=O)C(O)(c3cccc(Cl)c3)C(F)(F)F)CCC2CCCCOc2ccc(C(=O)N(C)C)c(Cl)c2)C1)C(F)(F)F. The van der Waals surface area contributed by atoms with Gasteiger partial charge in [0.25, 0.3) is 29.2 Å². The van der Waals surface area contributed by atoms with E-state index in [-0.39, 0.29) is 96.5 Å².